The molecule has 0 heterocycles. The molecule has 0 spiro atoms. The lowest BCUT2D eigenvalue weighted by Crippen LogP contribution is -2.13. The van der Waals surface area contributed by atoms with Crippen molar-refractivity contribution in [2.24, 2.45) is 0 Å². The first kappa shape index (κ1) is 13.6. The van der Waals surface area contributed by atoms with E-state index in [0.717, 1.165) is 11.1 Å². The van der Waals surface area contributed by atoms with Gasteiger partial charge in [-0.15, -0.1) is 0 Å². The highest BCUT2D eigenvalue weighted by Gasteiger charge is 2.10. The molecule has 3 heteroatoms. The van der Waals surface area contributed by atoms with Gasteiger partial charge in [0.25, 0.3) is 0 Å². The fourth-order valence-electron chi connectivity index (χ4n) is 1.84. The van der Waals surface area contributed by atoms with E-state index in [1.54, 1.807) is 12.1 Å². The summed E-state index contributed by atoms with van der Waals surface area (Å²) in [6.45, 7) is 3.85. The molecule has 0 saturated carbocycles. The lowest BCUT2D eigenvalue weighted by Gasteiger charge is -2.10. The average molecular weight is 275 g/mol. The Morgan fingerprint density at radius 2 is 1.84 bits per heavy atom. The van der Waals surface area contributed by atoms with E-state index in [1.165, 1.54) is 0 Å². The molecule has 19 heavy (non-hydrogen) atoms. The Morgan fingerprint density at radius 3 is 2.58 bits per heavy atom. The highest BCUT2D eigenvalue weighted by Crippen LogP contribution is 2.22. The van der Waals surface area contributed by atoms with E-state index in [4.69, 9.17) is 16.3 Å². The summed E-state index contributed by atoms with van der Waals surface area (Å²) in [5.74, 6) is 0.618. The van der Waals surface area contributed by atoms with Crippen molar-refractivity contribution in [1.82, 2.24) is 0 Å². The number of rotatable bonds is 4. The van der Waals surface area contributed by atoms with E-state index in [9.17, 15) is 4.79 Å². The Morgan fingerprint density at radius 1 is 1.11 bits per heavy atom. The van der Waals surface area contributed by atoms with Gasteiger partial charge in [0.15, 0.2) is 12.4 Å². The lowest BCUT2D eigenvalue weighted by molar-refractivity contribution is 0.0920. The molecule has 0 aliphatic carbocycles. The van der Waals surface area contributed by atoms with Gasteiger partial charge in [-0.05, 0) is 37.1 Å². The van der Waals surface area contributed by atoms with Crippen molar-refractivity contribution in [3.8, 4) is 5.75 Å². The van der Waals surface area contributed by atoms with Crippen LogP contribution in [-0.4, -0.2) is 12.4 Å². The zero-order chi connectivity index (χ0) is 13.8. The van der Waals surface area contributed by atoms with Crippen molar-refractivity contribution in [2.75, 3.05) is 6.61 Å². The summed E-state index contributed by atoms with van der Waals surface area (Å²) in [6, 6.07) is 12.9. The zero-order valence-corrected chi connectivity index (χ0v) is 11.7. The molecule has 0 aliphatic rings. The molecule has 0 fully saturated rings. The number of halogens is 1. The minimum absolute atomic E-state index is 0.0199. The van der Waals surface area contributed by atoms with Gasteiger partial charge in [-0.25, -0.2) is 0 Å². The highest BCUT2D eigenvalue weighted by molar-refractivity contribution is 6.30. The van der Waals surface area contributed by atoms with Crippen molar-refractivity contribution in [3.05, 3.63) is 64.2 Å². The van der Waals surface area contributed by atoms with Crippen LogP contribution in [0, 0.1) is 13.8 Å². The van der Waals surface area contributed by atoms with Gasteiger partial charge in [0, 0.05) is 10.6 Å². The summed E-state index contributed by atoms with van der Waals surface area (Å²) in [7, 11) is 0. The van der Waals surface area contributed by atoms with Crippen LogP contribution in [0.5, 0.6) is 5.75 Å². The van der Waals surface area contributed by atoms with Crippen molar-refractivity contribution in [2.45, 2.75) is 13.8 Å². The molecule has 0 bridgehead atoms. The summed E-state index contributed by atoms with van der Waals surface area (Å²) >= 11 is 5.91. The molecule has 2 aromatic carbocycles. The fourth-order valence-corrected chi connectivity index (χ4v) is 2.00. The maximum absolute atomic E-state index is 12.1. The second kappa shape index (κ2) is 5.89. The fraction of sp³-hybridized carbons (Fsp3) is 0.188. The number of aryl methyl sites for hydroxylation is 2. The van der Waals surface area contributed by atoms with Gasteiger partial charge in [0.05, 0.1) is 0 Å². The first-order chi connectivity index (χ1) is 9.08. The SMILES string of the molecule is Cc1ccc(Cl)cc1OCC(=O)c1ccccc1C. The second-order valence-electron chi connectivity index (χ2n) is 4.44. The maximum atomic E-state index is 12.1. The third kappa shape index (κ3) is 3.36. The first-order valence-corrected chi connectivity index (χ1v) is 6.43. The Balaban J connectivity index is 2.09. The predicted molar refractivity (Wildman–Crippen MR) is 77.2 cm³/mol. The van der Waals surface area contributed by atoms with Gasteiger partial charge in [0.2, 0.25) is 0 Å². The van der Waals surface area contributed by atoms with Gasteiger partial charge in [0.1, 0.15) is 5.75 Å². The average Bonchev–Trinajstić information content (AvgIpc) is 2.40. The number of hydrogen-bond acceptors (Lipinski definition) is 2. The molecular formula is C16H15ClO2. The van der Waals surface area contributed by atoms with Gasteiger partial charge in [-0.2, -0.15) is 0 Å². The third-order valence-corrected chi connectivity index (χ3v) is 3.19. The topological polar surface area (TPSA) is 26.3 Å². The number of ketones is 1. The van der Waals surface area contributed by atoms with Crippen LogP contribution in [0.1, 0.15) is 21.5 Å². The Labute approximate surface area is 118 Å². The van der Waals surface area contributed by atoms with Crippen LogP contribution in [0.25, 0.3) is 0 Å². The van der Waals surface area contributed by atoms with E-state index in [1.807, 2.05) is 44.2 Å². The van der Waals surface area contributed by atoms with Crippen LogP contribution in [0.4, 0.5) is 0 Å². The van der Waals surface area contributed by atoms with E-state index in [-0.39, 0.29) is 12.4 Å². The van der Waals surface area contributed by atoms with Crippen LogP contribution in [0.15, 0.2) is 42.5 Å². The minimum Gasteiger partial charge on any atom is -0.485 e. The van der Waals surface area contributed by atoms with Gasteiger partial charge in [-0.3, -0.25) is 4.79 Å². The molecule has 2 nitrogen and oxygen atoms in total. The molecule has 0 radical (unpaired) electrons. The standard InChI is InChI=1S/C16H15ClO2/c1-11-5-3-4-6-14(11)15(18)10-19-16-9-13(17)8-7-12(16)2/h3-9H,10H2,1-2H3. The van der Waals surface area contributed by atoms with Gasteiger partial charge < -0.3 is 4.74 Å². The molecular weight excluding hydrogens is 260 g/mol. The summed E-state index contributed by atoms with van der Waals surface area (Å²) in [6.07, 6.45) is 0. The first-order valence-electron chi connectivity index (χ1n) is 6.05. The Hall–Kier alpha value is -1.80. The van der Waals surface area contributed by atoms with Crippen molar-refractivity contribution in [1.29, 1.82) is 0 Å². The van der Waals surface area contributed by atoms with Crippen molar-refractivity contribution >= 4 is 17.4 Å². The van der Waals surface area contributed by atoms with Gasteiger partial charge >= 0.3 is 0 Å². The number of Topliss-reactive ketones (excluding diaryl/α,β-unsaturated/α-hetero) is 1. The van der Waals surface area contributed by atoms with Crippen molar-refractivity contribution in [3.63, 3.8) is 0 Å². The van der Waals surface area contributed by atoms with Crippen LogP contribution in [0.3, 0.4) is 0 Å². The van der Waals surface area contributed by atoms with E-state index >= 15 is 0 Å². The second-order valence-corrected chi connectivity index (χ2v) is 4.87. The molecule has 0 unspecified atom stereocenters. The molecule has 0 aromatic heterocycles. The molecule has 0 amide bonds. The van der Waals surface area contributed by atoms with E-state index in [0.29, 0.717) is 16.3 Å². The smallest absolute Gasteiger partial charge is 0.200 e. The highest BCUT2D eigenvalue weighted by atomic mass is 35.5. The quantitative estimate of drug-likeness (QED) is 0.781. The third-order valence-electron chi connectivity index (χ3n) is 2.95. The summed E-state index contributed by atoms with van der Waals surface area (Å²) in [5.41, 5.74) is 2.61. The molecule has 0 saturated heterocycles. The summed E-state index contributed by atoms with van der Waals surface area (Å²) in [4.78, 5) is 12.1. The lowest BCUT2D eigenvalue weighted by atomic mass is 10.1. The number of ether oxygens (including phenoxy) is 1. The van der Waals surface area contributed by atoms with Crippen LogP contribution < -0.4 is 4.74 Å². The predicted octanol–water partition coefficient (Wildman–Crippen LogP) is 4.22. The largest absolute Gasteiger partial charge is 0.485 e. The monoisotopic (exact) mass is 274 g/mol. The summed E-state index contributed by atoms with van der Waals surface area (Å²) < 4.78 is 5.55. The molecule has 0 aliphatic heterocycles. The molecule has 0 N–H and O–H groups in total. The minimum atomic E-state index is -0.0301. The van der Waals surface area contributed by atoms with Crippen molar-refractivity contribution < 1.29 is 9.53 Å². The maximum Gasteiger partial charge on any atom is 0.200 e. The Bertz CT molecular complexity index is 605. The van der Waals surface area contributed by atoms with E-state index in [2.05, 4.69) is 0 Å². The van der Waals surface area contributed by atoms with Crippen LogP contribution >= 0.6 is 11.6 Å². The van der Waals surface area contributed by atoms with Crippen LogP contribution in [0.2, 0.25) is 5.02 Å². The summed E-state index contributed by atoms with van der Waals surface area (Å²) in [5, 5.41) is 0.601. The number of carbonyl (C=O) groups excluding carboxylic acids is 1. The molecule has 2 aromatic rings. The normalized spacial score (nSPS) is 10.3. The number of carbonyl (C=O) groups is 1. The van der Waals surface area contributed by atoms with Gasteiger partial charge in [-0.1, -0.05) is 41.9 Å². The Kier molecular flexibility index (Phi) is 4.23. The van der Waals surface area contributed by atoms with Crippen LogP contribution in [-0.2, 0) is 0 Å². The molecule has 0 atom stereocenters. The zero-order valence-electron chi connectivity index (χ0n) is 10.9. The molecule has 98 valence electrons. The number of hydrogen-bond donors (Lipinski definition) is 0. The molecule has 2 rings (SSSR count). The number of benzene rings is 2. The van der Waals surface area contributed by atoms with E-state index < -0.39 is 0 Å².